The minimum atomic E-state index is -0.00119. The molecular weight excluding hydrogens is 281 g/mol. The summed E-state index contributed by atoms with van der Waals surface area (Å²) in [4.78, 5) is 15.8. The van der Waals surface area contributed by atoms with Crippen LogP contribution < -0.4 is 10.6 Å². The standard InChI is InChI=1S/C10H15N3OS.2ClH/c14-10(8-3-1-2-4-11-8)13-7-9-12-5-6-15-9;;/h5-6,8,11H,1-4,7H2,(H,13,14);2*1H/t8-;;/m0../s1. The fourth-order valence-corrected chi connectivity index (χ4v) is 2.26. The van der Waals surface area contributed by atoms with Crippen LogP contribution in [0.25, 0.3) is 0 Å². The largest absolute Gasteiger partial charge is 0.348 e. The van der Waals surface area contributed by atoms with Crippen molar-refractivity contribution in [3.8, 4) is 0 Å². The number of thiazole rings is 1. The van der Waals surface area contributed by atoms with Crippen LogP contribution in [0, 0.1) is 0 Å². The van der Waals surface area contributed by atoms with Crippen molar-refractivity contribution in [2.75, 3.05) is 6.54 Å². The highest BCUT2D eigenvalue weighted by Crippen LogP contribution is 2.08. The molecule has 2 N–H and O–H groups in total. The van der Waals surface area contributed by atoms with Crippen LogP contribution in [0.1, 0.15) is 24.3 Å². The minimum absolute atomic E-state index is 0. The monoisotopic (exact) mass is 297 g/mol. The maximum Gasteiger partial charge on any atom is 0.237 e. The number of hydrogen-bond acceptors (Lipinski definition) is 4. The van der Waals surface area contributed by atoms with E-state index >= 15 is 0 Å². The van der Waals surface area contributed by atoms with Crippen molar-refractivity contribution in [1.29, 1.82) is 0 Å². The van der Waals surface area contributed by atoms with Crippen LogP contribution in [0.15, 0.2) is 11.6 Å². The SMILES string of the molecule is Cl.Cl.O=C(NCc1nccs1)[C@@H]1CCCCN1. The number of amides is 1. The summed E-state index contributed by atoms with van der Waals surface area (Å²) >= 11 is 1.57. The third kappa shape index (κ3) is 5.21. The Hall–Kier alpha value is -0.360. The van der Waals surface area contributed by atoms with Gasteiger partial charge in [0.15, 0.2) is 0 Å². The summed E-state index contributed by atoms with van der Waals surface area (Å²) in [6.07, 6.45) is 5.02. The van der Waals surface area contributed by atoms with Gasteiger partial charge in [-0.3, -0.25) is 4.79 Å². The van der Waals surface area contributed by atoms with Crippen molar-refractivity contribution < 1.29 is 4.79 Å². The van der Waals surface area contributed by atoms with E-state index in [1.807, 2.05) is 5.38 Å². The lowest BCUT2D eigenvalue weighted by Crippen LogP contribution is -2.46. The average molecular weight is 298 g/mol. The van der Waals surface area contributed by atoms with Gasteiger partial charge in [-0.1, -0.05) is 6.42 Å². The molecule has 0 saturated carbocycles. The highest BCUT2D eigenvalue weighted by atomic mass is 35.5. The zero-order valence-electron chi connectivity index (χ0n) is 9.35. The molecule has 2 heterocycles. The van der Waals surface area contributed by atoms with Crippen molar-refractivity contribution in [2.45, 2.75) is 31.8 Å². The van der Waals surface area contributed by atoms with E-state index in [4.69, 9.17) is 0 Å². The number of carbonyl (C=O) groups is 1. The first kappa shape index (κ1) is 16.6. The summed E-state index contributed by atoms with van der Waals surface area (Å²) in [6, 6.07) is -0.00119. The third-order valence-corrected chi connectivity index (χ3v) is 3.30. The molecule has 0 spiro atoms. The number of aromatic nitrogens is 1. The maximum absolute atomic E-state index is 11.7. The Morgan fingerprint density at radius 3 is 2.94 bits per heavy atom. The van der Waals surface area contributed by atoms with Gasteiger partial charge in [-0.2, -0.15) is 0 Å². The molecule has 2 rings (SSSR count). The van der Waals surface area contributed by atoms with E-state index in [-0.39, 0.29) is 36.8 Å². The molecule has 1 fully saturated rings. The summed E-state index contributed by atoms with van der Waals surface area (Å²) < 4.78 is 0. The van der Waals surface area contributed by atoms with E-state index in [1.165, 1.54) is 6.42 Å². The highest BCUT2D eigenvalue weighted by Gasteiger charge is 2.19. The lowest BCUT2D eigenvalue weighted by Gasteiger charge is -2.22. The van der Waals surface area contributed by atoms with Crippen LogP contribution in [0.3, 0.4) is 0 Å². The molecule has 98 valence electrons. The molecule has 7 heteroatoms. The first-order valence-corrected chi connectivity index (χ1v) is 6.14. The molecule has 1 aliphatic rings. The number of carbonyl (C=O) groups excluding carboxylic acids is 1. The molecule has 0 radical (unpaired) electrons. The Kier molecular flexibility index (Phi) is 8.51. The van der Waals surface area contributed by atoms with Crippen molar-refractivity contribution >= 4 is 42.1 Å². The second kappa shape index (κ2) is 8.69. The van der Waals surface area contributed by atoms with Crippen LogP contribution in [0.5, 0.6) is 0 Å². The van der Waals surface area contributed by atoms with Gasteiger partial charge in [-0.15, -0.1) is 36.2 Å². The molecule has 1 aromatic heterocycles. The quantitative estimate of drug-likeness (QED) is 0.894. The van der Waals surface area contributed by atoms with Gasteiger partial charge in [-0.25, -0.2) is 4.98 Å². The Morgan fingerprint density at radius 1 is 1.53 bits per heavy atom. The molecule has 1 aliphatic heterocycles. The number of piperidine rings is 1. The summed E-state index contributed by atoms with van der Waals surface area (Å²) in [5.41, 5.74) is 0. The van der Waals surface area contributed by atoms with E-state index in [9.17, 15) is 4.79 Å². The van der Waals surface area contributed by atoms with Gasteiger partial charge in [-0.05, 0) is 19.4 Å². The highest BCUT2D eigenvalue weighted by molar-refractivity contribution is 7.09. The number of rotatable bonds is 3. The van der Waals surface area contributed by atoms with E-state index in [0.717, 1.165) is 24.4 Å². The Balaban J connectivity index is 0.00000128. The number of hydrogen-bond donors (Lipinski definition) is 2. The van der Waals surface area contributed by atoms with Gasteiger partial charge in [0.05, 0.1) is 12.6 Å². The molecule has 4 nitrogen and oxygen atoms in total. The number of halogens is 2. The molecule has 1 atom stereocenters. The molecule has 0 aromatic carbocycles. The predicted molar refractivity (Wildman–Crippen MR) is 74.1 cm³/mol. The molecule has 1 aromatic rings. The van der Waals surface area contributed by atoms with Crippen LogP contribution in [-0.2, 0) is 11.3 Å². The zero-order valence-corrected chi connectivity index (χ0v) is 11.8. The van der Waals surface area contributed by atoms with E-state index in [2.05, 4.69) is 15.6 Å². The third-order valence-electron chi connectivity index (χ3n) is 2.52. The molecule has 0 aliphatic carbocycles. The summed E-state index contributed by atoms with van der Waals surface area (Å²) in [7, 11) is 0. The van der Waals surface area contributed by atoms with Gasteiger partial charge >= 0.3 is 0 Å². The summed E-state index contributed by atoms with van der Waals surface area (Å²) in [5.74, 6) is 0.102. The van der Waals surface area contributed by atoms with E-state index in [1.54, 1.807) is 17.5 Å². The summed E-state index contributed by atoms with van der Waals surface area (Å²) in [6.45, 7) is 1.50. The molecule has 0 unspecified atom stereocenters. The number of nitrogens with zero attached hydrogens (tertiary/aromatic N) is 1. The van der Waals surface area contributed by atoms with Gasteiger partial charge < -0.3 is 10.6 Å². The Morgan fingerprint density at radius 2 is 2.35 bits per heavy atom. The molecule has 1 amide bonds. The van der Waals surface area contributed by atoms with Crippen LogP contribution >= 0.6 is 36.2 Å². The summed E-state index contributed by atoms with van der Waals surface area (Å²) in [5, 5.41) is 9.00. The zero-order chi connectivity index (χ0) is 10.5. The topological polar surface area (TPSA) is 54.0 Å². The molecular formula is C10H17Cl2N3OS. The van der Waals surface area contributed by atoms with Crippen molar-refractivity contribution in [3.63, 3.8) is 0 Å². The molecule has 17 heavy (non-hydrogen) atoms. The predicted octanol–water partition coefficient (Wildman–Crippen LogP) is 1.75. The van der Waals surface area contributed by atoms with Crippen molar-refractivity contribution in [2.24, 2.45) is 0 Å². The van der Waals surface area contributed by atoms with Gasteiger partial charge in [0.1, 0.15) is 5.01 Å². The van der Waals surface area contributed by atoms with E-state index in [0.29, 0.717) is 6.54 Å². The normalized spacial score (nSPS) is 18.7. The van der Waals surface area contributed by atoms with E-state index < -0.39 is 0 Å². The smallest absolute Gasteiger partial charge is 0.237 e. The van der Waals surface area contributed by atoms with Crippen molar-refractivity contribution in [3.05, 3.63) is 16.6 Å². The second-order valence-corrected chi connectivity index (χ2v) is 4.63. The first-order valence-electron chi connectivity index (χ1n) is 5.26. The lowest BCUT2D eigenvalue weighted by molar-refractivity contribution is -0.123. The Bertz CT molecular complexity index is 315. The maximum atomic E-state index is 11.7. The lowest BCUT2D eigenvalue weighted by atomic mass is 10.0. The van der Waals surface area contributed by atoms with Crippen molar-refractivity contribution in [1.82, 2.24) is 15.6 Å². The first-order chi connectivity index (χ1) is 7.36. The van der Waals surface area contributed by atoms with Gasteiger partial charge in [0.2, 0.25) is 5.91 Å². The molecule has 0 bridgehead atoms. The average Bonchev–Trinajstić information content (AvgIpc) is 2.80. The van der Waals surface area contributed by atoms with Gasteiger partial charge in [0.25, 0.3) is 0 Å². The van der Waals surface area contributed by atoms with Gasteiger partial charge in [0, 0.05) is 11.6 Å². The minimum Gasteiger partial charge on any atom is -0.348 e. The molecule has 1 saturated heterocycles. The second-order valence-electron chi connectivity index (χ2n) is 3.65. The van der Waals surface area contributed by atoms with Crippen LogP contribution in [0.4, 0.5) is 0 Å². The van der Waals surface area contributed by atoms with Crippen LogP contribution in [-0.4, -0.2) is 23.5 Å². The number of nitrogens with one attached hydrogen (secondary N) is 2. The fourth-order valence-electron chi connectivity index (χ4n) is 1.70. The fraction of sp³-hybridized carbons (Fsp3) is 0.600. The Labute approximate surface area is 117 Å². The van der Waals surface area contributed by atoms with Crippen LogP contribution in [0.2, 0.25) is 0 Å².